The van der Waals surface area contributed by atoms with E-state index in [0.717, 1.165) is 18.4 Å². The Labute approximate surface area is 119 Å². The number of benzene rings is 1. The number of hydrogen-bond acceptors (Lipinski definition) is 2. The second-order valence-electron chi connectivity index (χ2n) is 6.07. The van der Waals surface area contributed by atoms with E-state index in [1.54, 1.807) is 12.1 Å². The van der Waals surface area contributed by atoms with E-state index in [-0.39, 0.29) is 11.7 Å². The molecule has 0 aliphatic carbocycles. The maximum atomic E-state index is 12.9. The average molecular weight is 276 g/mol. The zero-order chi connectivity index (χ0) is 14.1. The molecule has 1 amide bonds. The van der Waals surface area contributed by atoms with E-state index >= 15 is 0 Å². The second kappa shape index (κ2) is 5.52. The summed E-state index contributed by atoms with van der Waals surface area (Å²) >= 11 is 0. The van der Waals surface area contributed by atoms with Gasteiger partial charge in [-0.1, -0.05) is 12.1 Å². The first-order valence-electron chi connectivity index (χ1n) is 7.38. The summed E-state index contributed by atoms with van der Waals surface area (Å²) in [7, 11) is 1.90. The molecule has 2 aliphatic rings. The molecule has 2 aliphatic heterocycles. The number of nitrogens with one attached hydrogen (secondary N) is 1. The van der Waals surface area contributed by atoms with E-state index in [4.69, 9.17) is 0 Å². The van der Waals surface area contributed by atoms with Crippen LogP contribution in [-0.2, 0) is 11.2 Å². The molecule has 2 unspecified atom stereocenters. The molecule has 2 atom stereocenters. The van der Waals surface area contributed by atoms with Gasteiger partial charge in [0.1, 0.15) is 5.82 Å². The number of carbonyl (C=O) groups is 1. The predicted octanol–water partition coefficient (Wildman–Crippen LogP) is 2.11. The third kappa shape index (κ3) is 2.85. The summed E-state index contributed by atoms with van der Waals surface area (Å²) in [5, 5.41) is 3.59. The zero-order valence-corrected chi connectivity index (χ0v) is 11.8. The number of carbonyl (C=O) groups excluding carboxylic acids is 1. The summed E-state index contributed by atoms with van der Waals surface area (Å²) in [6.07, 6.45) is 4.95. The number of amides is 1. The van der Waals surface area contributed by atoms with Gasteiger partial charge in [0.2, 0.25) is 5.91 Å². The minimum absolute atomic E-state index is 0.128. The molecule has 2 saturated heterocycles. The van der Waals surface area contributed by atoms with Crippen LogP contribution >= 0.6 is 0 Å². The topological polar surface area (TPSA) is 32.3 Å². The second-order valence-corrected chi connectivity index (χ2v) is 6.07. The molecule has 2 bridgehead atoms. The number of hydrogen-bond donors (Lipinski definition) is 1. The molecule has 2 heterocycles. The smallest absolute Gasteiger partial charge is 0.226 e. The summed E-state index contributed by atoms with van der Waals surface area (Å²) in [5.74, 6) is -0.132. The van der Waals surface area contributed by atoms with Gasteiger partial charge in [0, 0.05) is 25.2 Å². The maximum Gasteiger partial charge on any atom is 0.226 e. The zero-order valence-electron chi connectivity index (χ0n) is 11.8. The van der Waals surface area contributed by atoms with Gasteiger partial charge >= 0.3 is 0 Å². The molecule has 3 nitrogen and oxygen atoms in total. The lowest BCUT2D eigenvalue weighted by atomic mass is 9.98. The lowest BCUT2D eigenvalue weighted by Gasteiger charge is -2.35. The first-order valence-corrected chi connectivity index (χ1v) is 7.38. The Hall–Kier alpha value is -1.42. The maximum absolute atomic E-state index is 12.9. The highest BCUT2D eigenvalue weighted by molar-refractivity contribution is 5.78. The van der Waals surface area contributed by atoms with Gasteiger partial charge in [0.15, 0.2) is 0 Å². The fraction of sp³-hybridized carbons (Fsp3) is 0.562. The lowest BCUT2D eigenvalue weighted by Crippen LogP contribution is -2.49. The predicted molar refractivity (Wildman–Crippen MR) is 75.8 cm³/mol. The van der Waals surface area contributed by atoms with Crippen LogP contribution in [0.25, 0.3) is 0 Å². The van der Waals surface area contributed by atoms with Crippen LogP contribution in [0, 0.1) is 5.82 Å². The van der Waals surface area contributed by atoms with Crippen molar-refractivity contribution in [2.24, 2.45) is 0 Å². The first kappa shape index (κ1) is 13.6. The van der Waals surface area contributed by atoms with Crippen molar-refractivity contribution in [1.82, 2.24) is 10.2 Å². The van der Waals surface area contributed by atoms with E-state index in [2.05, 4.69) is 5.32 Å². The monoisotopic (exact) mass is 276 g/mol. The van der Waals surface area contributed by atoms with Gasteiger partial charge in [-0.15, -0.1) is 0 Å². The Morgan fingerprint density at radius 2 is 1.85 bits per heavy atom. The molecule has 0 spiro atoms. The summed E-state index contributed by atoms with van der Waals surface area (Å²) in [6.45, 7) is 0. The Bertz CT molecular complexity index is 476. The van der Waals surface area contributed by atoms with Crippen molar-refractivity contribution < 1.29 is 9.18 Å². The van der Waals surface area contributed by atoms with Crippen molar-refractivity contribution in [1.29, 1.82) is 0 Å². The summed E-state index contributed by atoms with van der Waals surface area (Å²) in [4.78, 5) is 14.2. The molecule has 1 aromatic rings. The van der Waals surface area contributed by atoms with Gasteiger partial charge in [0.25, 0.3) is 0 Å². The number of rotatable bonds is 3. The van der Waals surface area contributed by atoms with Gasteiger partial charge in [-0.05, 0) is 43.4 Å². The van der Waals surface area contributed by atoms with E-state index in [1.807, 2.05) is 11.9 Å². The Kier molecular flexibility index (Phi) is 3.74. The van der Waals surface area contributed by atoms with Crippen LogP contribution in [0.2, 0.25) is 0 Å². The van der Waals surface area contributed by atoms with Gasteiger partial charge in [-0.25, -0.2) is 4.39 Å². The molecule has 3 rings (SSSR count). The van der Waals surface area contributed by atoms with Gasteiger partial charge in [-0.3, -0.25) is 4.79 Å². The minimum Gasteiger partial charge on any atom is -0.342 e. The molecular weight excluding hydrogens is 255 g/mol. The van der Waals surface area contributed by atoms with Crippen molar-refractivity contribution in [2.45, 2.75) is 50.2 Å². The molecule has 108 valence electrons. The number of fused-ring (bicyclic) bond motifs is 2. The quantitative estimate of drug-likeness (QED) is 0.917. The van der Waals surface area contributed by atoms with E-state index < -0.39 is 0 Å². The summed E-state index contributed by atoms with van der Waals surface area (Å²) in [6, 6.07) is 7.71. The highest BCUT2D eigenvalue weighted by Gasteiger charge is 2.36. The molecule has 0 aromatic heterocycles. The highest BCUT2D eigenvalue weighted by Crippen LogP contribution is 2.29. The molecule has 20 heavy (non-hydrogen) atoms. The summed E-state index contributed by atoms with van der Waals surface area (Å²) < 4.78 is 12.9. The van der Waals surface area contributed by atoms with Crippen molar-refractivity contribution in [3.63, 3.8) is 0 Å². The third-order valence-corrected chi connectivity index (χ3v) is 4.66. The molecule has 0 saturated carbocycles. The van der Waals surface area contributed by atoms with E-state index in [0.29, 0.717) is 24.5 Å². The number of piperidine rings is 1. The largest absolute Gasteiger partial charge is 0.342 e. The van der Waals surface area contributed by atoms with Crippen LogP contribution in [0.1, 0.15) is 31.2 Å². The number of nitrogens with zero attached hydrogens (tertiary/aromatic N) is 1. The van der Waals surface area contributed by atoms with Crippen molar-refractivity contribution >= 4 is 5.91 Å². The normalized spacial score (nSPS) is 28.4. The Morgan fingerprint density at radius 3 is 2.45 bits per heavy atom. The fourth-order valence-corrected chi connectivity index (χ4v) is 3.45. The van der Waals surface area contributed by atoms with Crippen LogP contribution < -0.4 is 5.32 Å². The van der Waals surface area contributed by atoms with Crippen molar-refractivity contribution in [2.75, 3.05) is 7.05 Å². The summed E-state index contributed by atoms with van der Waals surface area (Å²) in [5.41, 5.74) is 0.875. The molecule has 0 radical (unpaired) electrons. The van der Waals surface area contributed by atoms with Crippen LogP contribution in [0.3, 0.4) is 0 Å². The third-order valence-electron chi connectivity index (χ3n) is 4.66. The molecule has 2 fully saturated rings. The van der Waals surface area contributed by atoms with Crippen LogP contribution in [-0.4, -0.2) is 36.0 Å². The number of halogens is 1. The Morgan fingerprint density at radius 1 is 1.25 bits per heavy atom. The van der Waals surface area contributed by atoms with Gasteiger partial charge < -0.3 is 10.2 Å². The van der Waals surface area contributed by atoms with E-state index in [1.165, 1.54) is 25.0 Å². The lowest BCUT2D eigenvalue weighted by molar-refractivity contribution is -0.131. The molecule has 1 N–H and O–H groups in total. The molecule has 4 heteroatoms. The van der Waals surface area contributed by atoms with Gasteiger partial charge in [-0.2, -0.15) is 0 Å². The van der Waals surface area contributed by atoms with Crippen LogP contribution in [0.4, 0.5) is 4.39 Å². The van der Waals surface area contributed by atoms with Gasteiger partial charge in [0.05, 0.1) is 6.42 Å². The Balaban J connectivity index is 1.60. The minimum atomic E-state index is -0.260. The van der Waals surface area contributed by atoms with Crippen molar-refractivity contribution in [3.8, 4) is 0 Å². The average Bonchev–Trinajstić information content (AvgIpc) is 2.79. The molecule has 1 aromatic carbocycles. The first-order chi connectivity index (χ1) is 9.61. The molecular formula is C16H21FN2O. The van der Waals surface area contributed by atoms with E-state index in [9.17, 15) is 9.18 Å². The van der Waals surface area contributed by atoms with Crippen LogP contribution in [0.5, 0.6) is 0 Å². The number of likely N-dealkylation sites (N-methyl/N-ethyl adjacent to an activating group) is 1. The standard InChI is InChI=1S/C16H21FN2O/c1-19(15-9-13-6-7-14(10-15)18-13)16(20)8-11-2-4-12(17)5-3-11/h2-5,13-15,18H,6-10H2,1H3. The van der Waals surface area contributed by atoms with Crippen LogP contribution in [0.15, 0.2) is 24.3 Å². The fourth-order valence-electron chi connectivity index (χ4n) is 3.45. The van der Waals surface area contributed by atoms with Crippen molar-refractivity contribution in [3.05, 3.63) is 35.6 Å². The SMILES string of the molecule is CN(C(=O)Cc1ccc(F)cc1)C1CC2CCC(C1)N2. The highest BCUT2D eigenvalue weighted by atomic mass is 19.1.